The van der Waals surface area contributed by atoms with Crippen LogP contribution < -0.4 is 16.0 Å². The summed E-state index contributed by atoms with van der Waals surface area (Å²) in [4.78, 5) is 36.9. The van der Waals surface area contributed by atoms with E-state index in [4.69, 9.17) is 0 Å². The number of benzene rings is 1. The summed E-state index contributed by atoms with van der Waals surface area (Å²) in [6.07, 6.45) is 2.50. The van der Waals surface area contributed by atoms with E-state index in [1.807, 2.05) is 11.4 Å². The second kappa shape index (κ2) is 8.62. The molecule has 0 bridgehead atoms. The third-order valence-electron chi connectivity index (χ3n) is 4.25. The topological polar surface area (TPSA) is 87.3 Å². The van der Waals surface area contributed by atoms with E-state index in [0.29, 0.717) is 30.0 Å². The van der Waals surface area contributed by atoms with E-state index in [9.17, 15) is 14.4 Å². The van der Waals surface area contributed by atoms with Gasteiger partial charge in [0.05, 0.1) is 4.88 Å². The Hall–Kier alpha value is -2.67. The number of amides is 3. The SMILES string of the molecule is O=C(N[C@H]1CCCCNC1=O)c1ccc(CNC(=O)c2cccs2)cc1. The van der Waals surface area contributed by atoms with Crippen LogP contribution in [0.2, 0.25) is 0 Å². The fourth-order valence-corrected chi connectivity index (χ4v) is 3.41. The van der Waals surface area contributed by atoms with E-state index in [2.05, 4.69) is 16.0 Å². The molecule has 1 aromatic carbocycles. The van der Waals surface area contributed by atoms with Crippen LogP contribution in [0.5, 0.6) is 0 Å². The zero-order valence-electron chi connectivity index (χ0n) is 14.3. The van der Waals surface area contributed by atoms with Crippen LogP contribution in [0.3, 0.4) is 0 Å². The van der Waals surface area contributed by atoms with Gasteiger partial charge in [-0.25, -0.2) is 0 Å². The summed E-state index contributed by atoms with van der Waals surface area (Å²) >= 11 is 1.39. The number of hydrogen-bond donors (Lipinski definition) is 3. The summed E-state index contributed by atoms with van der Waals surface area (Å²) in [5.41, 5.74) is 1.40. The Morgan fingerprint density at radius 3 is 2.65 bits per heavy atom. The van der Waals surface area contributed by atoms with Gasteiger partial charge in [0.15, 0.2) is 0 Å². The molecule has 0 radical (unpaired) electrons. The van der Waals surface area contributed by atoms with Gasteiger partial charge in [-0.15, -0.1) is 11.3 Å². The molecule has 3 N–H and O–H groups in total. The largest absolute Gasteiger partial charge is 0.354 e. The molecule has 26 heavy (non-hydrogen) atoms. The molecule has 1 saturated heterocycles. The molecule has 0 unspecified atom stereocenters. The maximum absolute atomic E-state index is 12.3. The summed E-state index contributed by atoms with van der Waals surface area (Å²) in [5, 5.41) is 10.3. The van der Waals surface area contributed by atoms with Crippen molar-refractivity contribution in [1.29, 1.82) is 0 Å². The minimum atomic E-state index is -0.477. The van der Waals surface area contributed by atoms with Crippen LogP contribution in [0.4, 0.5) is 0 Å². The zero-order chi connectivity index (χ0) is 18.4. The van der Waals surface area contributed by atoms with Crippen LogP contribution in [-0.2, 0) is 11.3 Å². The standard InChI is InChI=1S/C19H21N3O3S/c23-17(22-15-4-1-2-10-20-18(15)24)14-8-6-13(7-9-14)12-21-19(25)16-5-3-11-26-16/h3,5-9,11,15H,1-2,4,10,12H2,(H,20,24)(H,21,25)(H,22,23)/t15-/m0/s1. The molecule has 3 amide bonds. The summed E-state index contributed by atoms with van der Waals surface area (Å²) in [6, 6.07) is 10.1. The van der Waals surface area contributed by atoms with E-state index >= 15 is 0 Å². The smallest absolute Gasteiger partial charge is 0.261 e. The molecule has 1 aliphatic rings. The Morgan fingerprint density at radius 2 is 1.92 bits per heavy atom. The highest BCUT2D eigenvalue weighted by Crippen LogP contribution is 2.10. The average molecular weight is 371 g/mol. The van der Waals surface area contributed by atoms with Gasteiger partial charge in [0.2, 0.25) is 5.91 Å². The van der Waals surface area contributed by atoms with E-state index < -0.39 is 6.04 Å². The third kappa shape index (κ3) is 4.70. The molecule has 1 aromatic heterocycles. The van der Waals surface area contributed by atoms with Crippen molar-refractivity contribution < 1.29 is 14.4 Å². The van der Waals surface area contributed by atoms with Crippen molar-refractivity contribution in [2.75, 3.05) is 6.54 Å². The van der Waals surface area contributed by atoms with E-state index in [-0.39, 0.29) is 17.7 Å². The number of carbonyl (C=O) groups is 3. The number of rotatable bonds is 5. The fourth-order valence-electron chi connectivity index (χ4n) is 2.77. The molecule has 0 aliphatic carbocycles. The van der Waals surface area contributed by atoms with Crippen molar-refractivity contribution in [3.8, 4) is 0 Å². The van der Waals surface area contributed by atoms with Crippen molar-refractivity contribution in [1.82, 2.24) is 16.0 Å². The van der Waals surface area contributed by atoms with Gasteiger partial charge in [0.25, 0.3) is 11.8 Å². The van der Waals surface area contributed by atoms with Crippen LogP contribution in [0.1, 0.15) is 44.9 Å². The van der Waals surface area contributed by atoms with Gasteiger partial charge in [0.1, 0.15) is 6.04 Å². The summed E-state index contributed by atoms with van der Waals surface area (Å²) in [5.74, 6) is -0.494. The minimum absolute atomic E-state index is 0.110. The van der Waals surface area contributed by atoms with Crippen molar-refractivity contribution in [3.63, 3.8) is 0 Å². The van der Waals surface area contributed by atoms with Gasteiger partial charge >= 0.3 is 0 Å². The molecule has 6 nitrogen and oxygen atoms in total. The predicted molar refractivity (Wildman–Crippen MR) is 100 cm³/mol. The lowest BCUT2D eigenvalue weighted by atomic mass is 10.1. The lowest BCUT2D eigenvalue weighted by molar-refractivity contribution is -0.122. The highest BCUT2D eigenvalue weighted by molar-refractivity contribution is 7.12. The second-order valence-corrected chi connectivity index (χ2v) is 7.12. The Balaban J connectivity index is 1.54. The van der Waals surface area contributed by atoms with Crippen LogP contribution in [-0.4, -0.2) is 30.3 Å². The molecule has 0 saturated carbocycles. The lowest BCUT2D eigenvalue weighted by Gasteiger charge is -2.15. The van der Waals surface area contributed by atoms with E-state index in [0.717, 1.165) is 18.4 Å². The molecule has 1 fully saturated rings. The molecule has 2 heterocycles. The zero-order valence-corrected chi connectivity index (χ0v) is 15.1. The van der Waals surface area contributed by atoms with Crippen LogP contribution in [0.25, 0.3) is 0 Å². The first kappa shape index (κ1) is 18.1. The molecule has 2 aromatic rings. The highest BCUT2D eigenvalue weighted by atomic mass is 32.1. The fraction of sp³-hybridized carbons (Fsp3) is 0.316. The number of carbonyl (C=O) groups excluding carboxylic acids is 3. The van der Waals surface area contributed by atoms with Crippen molar-refractivity contribution in [2.24, 2.45) is 0 Å². The monoisotopic (exact) mass is 371 g/mol. The molecular weight excluding hydrogens is 350 g/mol. The molecule has 0 spiro atoms. The molecule has 7 heteroatoms. The van der Waals surface area contributed by atoms with Gasteiger partial charge < -0.3 is 16.0 Å². The summed E-state index contributed by atoms with van der Waals surface area (Å²) in [6.45, 7) is 1.06. The molecule has 136 valence electrons. The van der Waals surface area contributed by atoms with Crippen molar-refractivity contribution >= 4 is 29.1 Å². The Morgan fingerprint density at radius 1 is 1.12 bits per heavy atom. The summed E-state index contributed by atoms with van der Waals surface area (Å²) < 4.78 is 0. The Kier molecular flexibility index (Phi) is 6.01. The van der Waals surface area contributed by atoms with Crippen molar-refractivity contribution in [2.45, 2.75) is 31.8 Å². The van der Waals surface area contributed by atoms with Gasteiger partial charge in [0, 0.05) is 18.7 Å². The minimum Gasteiger partial charge on any atom is -0.354 e. The number of nitrogens with one attached hydrogen (secondary N) is 3. The summed E-state index contributed by atoms with van der Waals surface area (Å²) in [7, 11) is 0. The van der Waals surface area contributed by atoms with Gasteiger partial charge in [-0.2, -0.15) is 0 Å². The molecule has 1 aliphatic heterocycles. The normalized spacial score (nSPS) is 17.1. The van der Waals surface area contributed by atoms with Gasteiger partial charge in [-0.3, -0.25) is 14.4 Å². The lowest BCUT2D eigenvalue weighted by Crippen LogP contribution is -2.45. The molecule has 3 rings (SSSR count). The first-order valence-corrected chi connectivity index (χ1v) is 9.50. The Labute approximate surface area is 156 Å². The molecular formula is C19H21N3O3S. The average Bonchev–Trinajstić information content (AvgIpc) is 3.12. The van der Waals surface area contributed by atoms with Crippen LogP contribution >= 0.6 is 11.3 Å². The Bertz CT molecular complexity index is 772. The quantitative estimate of drug-likeness (QED) is 0.752. The van der Waals surface area contributed by atoms with Crippen LogP contribution in [0.15, 0.2) is 41.8 Å². The van der Waals surface area contributed by atoms with Gasteiger partial charge in [-0.1, -0.05) is 18.2 Å². The molecule has 1 atom stereocenters. The van der Waals surface area contributed by atoms with Crippen LogP contribution in [0, 0.1) is 0 Å². The van der Waals surface area contributed by atoms with Gasteiger partial charge in [-0.05, 0) is 48.4 Å². The van der Waals surface area contributed by atoms with Crippen molar-refractivity contribution in [3.05, 3.63) is 57.8 Å². The van der Waals surface area contributed by atoms with E-state index in [1.54, 1.807) is 30.3 Å². The maximum Gasteiger partial charge on any atom is 0.261 e. The predicted octanol–water partition coefficient (Wildman–Crippen LogP) is 2.08. The second-order valence-electron chi connectivity index (χ2n) is 6.17. The maximum atomic E-state index is 12.3. The number of hydrogen-bond acceptors (Lipinski definition) is 4. The first-order valence-electron chi connectivity index (χ1n) is 8.63. The third-order valence-corrected chi connectivity index (χ3v) is 5.12. The highest BCUT2D eigenvalue weighted by Gasteiger charge is 2.22. The number of thiophene rings is 1. The first-order chi connectivity index (χ1) is 12.6. The van der Waals surface area contributed by atoms with E-state index in [1.165, 1.54) is 11.3 Å².